The number of aromatic nitrogens is 1. The van der Waals surface area contributed by atoms with Crippen molar-refractivity contribution in [1.29, 1.82) is 0 Å². The summed E-state index contributed by atoms with van der Waals surface area (Å²) >= 11 is 0. The molecule has 0 aliphatic heterocycles. The van der Waals surface area contributed by atoms with E-state index < -0.39 is 0 Å². The first kappa shape index (κ1) is 13.6. The Balaban J connectivity index is 2.44. The van der Waals surface area contributed by atoms with Crippen molar-refractivity contribution in [3.05, 3.63) is 30.6 Å². The van der Waals surface area contributed by atoms with Crippen LogP contribution >= 0.6 is 0 Å². The van der Waals surface area contributed by atoms with Crippen LogP contribution in [-0.4, -0.2) is 29.8 Å². The predicted octanol–water partition coefficient (Wildman–Crippen LogP) is 2.42. The third-order valence-corrected chi connectivity index (χ3v) is 3.32. The molecule has 0 amide bonds. The summed E-state index contributed by atoms with van der Waals surface area (Å²) in [7, 11) is 0. The molecule has 2 aromatic rings. The first-order chi connectivity index (χ1) is 9.27. The molecule has 1 aromatic heterocycles. The lowest BCUT2D eigenvalue weighted by Gasteiger charge is -2.25. The van der Waals surface area contributed by atoms with E-state index in [1.165, 1.54) is 0 Å². The number of rotatable bonds is 6. The van der Waals surface area contributed by atoms with Crippen LogP contribution in [0.25, 0.3) is 10.8 Å². The largest absolute Gasteiger partial charge is 0.398 e. The van der Waals surface area contributed by atoms with E-state index in [0.29, 0.717) is 6.54 Å². The Morgan fingerprint density at radius 1 is 1.21 bits per heavy atom. The zero-order valence-corrected chi connectivity index (χ0v) is 11.3. The molecule has 0 unspecified atom stereocenters. The fraction of sp³-hybridized carbons (Fsp3) is 0.400. The zero-order valence-electron chi connectivity index (χ0n) is 11.3. The van der Waals surface area contributed by atoms with Crippen LogP contribution in [0.5, 0.6) is 0 Å². The summed E-state index contributed by atoms with van der Waals surface area (Å²) in [6.45, 7) is 3.88. The van der Waals surface area contributed by atoms with Crippen molar-refractivity contribution in [2.45, 2.75) is 19.8 Å². The normalized spacial score (nSPS) is 10.8. The third kappa shape index (κ3) is 2.96. The van der Waals surface area contributed by atoms with Crippen molar-refractivity contribution >= 4 is 22.1 Å². The molecule has 0 fully saturated rings. The number of unbranched alkanes of at least 4 members (excludes halogenated alkanes) is 1. The van der Waals surface area contributed by atoms with Gasteiger partial charge in [0.05, 0.1) is 6.61 Å². The lowest BCUT2D eigenvalue weighted by atomic mass is 10.1. The van der Waals surface area contributed by atoms with Gasteiger partial charge in [-0.2, -0.15) is 0 Å². The highest BCUT2D eigenvalue weighted by Gasteiger charge is 2.11. The number of fused-ring (bicyclic) bond motifs is 1. The van der Waals surface area contributed by atoms with Crippen LogP contribution in [-0.2, 0) is 0 Å². The van der Waals surface area contributed by atoms with Gasteiger partial charge in [0.2, 0.25) is 0 Å². The lowest BCUT2D eigenvalue weighted by molar-refractivity contribution is 0.301. The van der Waals surface area contributed by atoms with Gasteiger partial charge in [0.1, 0.15) is 0 Å². The summed E-state index contributed by atoms with van der Waals surface area (Å²) in [5.41, 5.74) is 7.87. The maximum absolute atomic E-state index is 9.24. The minimum atomic E-state index is 0.149. The van der Waals surface area contributed by atoms with Gasteiger partial charge in [-0.25, -0.2) is 0 Å². The smallest absolute Gasteiger partial charge is 0.0606 e. The van der Waals surface area contributed by atoms with Gasteiger partial charge in [0.25, 0.3) is 0 Å². The number of nitrogens with zero attached hydrogens (tertiary/aromatic N) is 2. The zero-order chi connectivity index (χ0) is 13.7. The highest BCUT2D eigenvalue weighted by atomic mass is 16.3. The van der Waals surface area contributed by atoms with Crippen LogP contribution in [0, 0.1) is 0 Å². The molecule has 0 atom stereocenters. The number of benzene rings is 1. The molecular weight excluding hydrogens is 238 g/mol. The van der Waals surface area contributed by atoms with E-state index in [-0.39, 0.29) is 6.61 Å². The molecule has 4 nitrogen and oxygen atoms in total. The topological polar surface area (TPSA) is 62.4 Å². The van der Waals surface area contributed by atoms with E-state index in [4.69, 9.17) is 5.73 Å². The minimum absolute atomic E-state index is 0.149. The fourth-order valence-electron chi connectivity index (χ4n) is 2.30. The summed E-state index contributed by atoms with van der Waals surface area (Å²) in [4.78, 5) is 6.39. The molecule has 4 heteroatoms. The summed E-state index contributed by atoms with van der Waals surface area (Å²) < 4.78 is 0. The summed E-state index contributed by atoms with van der Waals surface area (Å²) in [6.07, 6.45) is 5.83. The molecule has 0 aliphatic carbocycles. The number of nitrogens with two attached hydrogens (primary N) is 1. The van der Waals surface area contributed by atoms with Crippen molar-refractivity contribution in [2.24, 2.45) is 0 Å². The Morgan fingerprint density at radius 3 is 2.79 bits per heavy atom. The summed E-state index contributed by atoms with van der Waals surface area (Å²) in [5.74, 6) is 0. The number of aliphatic hydroxyl groups excluding tert-OH is 1. The molecule has 0 saturated carbocycles. The molecule has 19 heavy (non-hydrogen) atoms. The number of aliphatic hydroxyl groups is 1. The van der Waals surface area contributed by atoms with Crippen molar-refractivity contribution in [2.75, 3.05) is 30.3 Å². The first-order valence-electron chi connectivity index (χ1n) is 6.76. The average molecular weight is 259 g/mol. The number of hydrogen-bond acceptors (Lipinski definition) is 4. The van der Waals surface area contributed by atoms with Gasteiger partial charge >= 0.3 is 0 Å². The number of hydrogen-bond donors (Lipinski definition) is 2. The van der Waals surface area contributed by atoms with Crippen molar-refractivity contribution in [1.82, 2.24) is 4.98 Å². The molecule has 2 rings (SSSR count). The average Bonchev–Trinajstić information content (AvgIpc) is 2.45. The van der Waals surface area contributed by atoms with E-state index in [1.807, 2.05) is 24.4 Å². The molecule has 0 aliphatic rings. The second kappa shape index (κ2) is 6.38. The van der Waals surface area contributed by atoms with E-state index in [9.17, 15) is 5.11 Å². The van der Waals surface area contributed by atoms with Crippen LogP contribution in [0.15, 0.2) is 30.6 Å². The number of nitrogen functional groups attached to an aromatic ring is 1. The van der Waals surface area contributed by atoms with Gasteiger partial charge < -0.3 is 15.7 Å². The highest BCUT2D eigenvalue weighted by Crippen LogP contribution is 2.30. The molecular formula is C15H21N3O. The predicted molar refractivity (Wildman–Crippen MR) is 80.4 cm³/mol. The third-order valence-electron chi connectivity index (χ3n) is 3.32. The van der Waals surface area contributed by atoms with Crippen LogP contribution < -0.4 is 10.6 Å². The number of anilines is 2. The molecule has 0 radical (unpaired) electrons. The van der Waals surface area contributed by atoms with Crippen LogP contribution in [0.3, 0.4) is 0 Å². The monoisotopic (exact) mass is 259 g/mol. The maximum atomic E-state index is 9.24. The summed E-state index contributed by atoms with van der Waals surface area (Å²) in [5, 5.41) is 11.3. The van der Waals surface area contributed by atoms with Gasteiger partial charge in [-0.1, -0.05) is 13.3 Å². The fourth-order valence-corrected chi connectivity index (χ4v) is 2.30. The quantitative estimate of drug-likeness (QED) is 0.782. The highest BCUT2D eigenvalue weighted by molar-refractivity contribution is 6.00. The van der Waals surface area contributed by atoms with Crippen LogP contribution in [0.2, 0.25) is 0 Å². The number of pyridine rings is 1. The standard InChI is InChI=1S/C15H21N3O/c1-2-3-8-18(9-10-19)15-5-4-14(16)12-6-7-17-11-13(12)15/h4-7,11,19H,2-3,8-10,16H2,1H3. The Labute approximate surface area is 113 Å². The van der Waals surface area contributed by atoms with Crippen molar-refractivity contribution < 1.29 is 5.11 Å². The van der Waals surface area contributed by atoms with Gasteiger partial charge in [0.15, 0.2) is 0 Å². The molecule has 0 saturated heterocycles. The molecule has 0 spiro atoms. The Kier molecular flexibility index (Phi) is 4.58. The van der Waals surface area contributed by atoms with Crippen LogP contribution in [0.1, 0.15) is 19.8 Å². The molecule has 0 bridgehead atoms. The Bertz CT molecular complexity index is 542. The van der Waals surface area contributed by atoms with Crippen molar-refractivity contribution in [3.8, 4) is 0 Å². The van der Waals surface area contributed by atoms with Crippen LogP contribution in [0.4, 0.5) is 11.4 Å². The molecule has 102 valence electrons. The maximum Gasteiger partial charge on any atom is 0.0606 e. The first-order valence-corrected chi connectivity index (χ1v) is 6.76. The Hall–Kier alpha value is -1.81. The van der Waals surface area contributed by atoms with E-state index in [2.05, 4.69) is 16.8 Å². The van der Waals surface area contributed by atoms with E-state index in [1.54, 1.807) is 6.20 Å². The molecule has 3 N–H and O–H groups in total. The van der Waals surface area contributed by atoms with Gasteiger partial charge in [-0.05, 0) is 24.6 Å². The molecule has 1 aromatic carbocycles. The Morgan fingerprint density at radius 2 is 2.05 bits per heavy atom. The van der Waals surface area contributed by atoms with Gasteiger partial charge in [-0.3, -0.25) is 4.98 Å². The van der Waals surface area contributed by atoms with Gasteiger partial charge in [-0.15, -0.1) is 0 Å². The lowest BCUT2D eigenvalue weighted by Crippen LogP contribution is -2.28. The van der Waals surface area contributed by atoms with Gasteiger partial charge in [0, 0.05) is 47.6 Å². The van der Waals surface area contributed by atoms with E-state index in [0.717, 1.165) is 41.5 Å². The van der Waals surface area contributed by atoms with Crippen molar-refractivity contribution in [3.63, 3.8) is 0 Å². The molecule has 1 heterocycles. The second-order valence-corrected chi connectivity index (χ2v) is 4.66. The SMILES string of the molecule is CCCCN(CCO)c1ccc(N)c2ccncc12. The minimum Gasteiger partial charge on any atom is -0.398 e. The summed E-state index contributed by atoms with van der Waals surface area (Å²) in [6, 6.07) is 5.88. The van der Waals surface area contributed by atoms with E-state index >= 15 is 0 Å². The second-order valence-electron chi connectivity index (χ2n) is 4.66.